The summed E-state index contributed by atoms with van der Waals surface area (Å²) in [7, 11) is 0. The van der Waals surface area contributed by atoms with Gasteiger partial charge in [0.25, 0.3) is 0 Å². The maximum absolute atomic E-state index is 11.6. The molecule has 21 heavy (non-hydrogen) atoms. The Labute approximate surface area is 132 Å². The van der Waals surface area contributed by atoms with Crippen molar-refractivity contribution in [2.24, 2.45) is 5.92 Å². The minimum atomic E-state index is -0.196. The van der Waals surface area contributed by atoms with Crippen LogP contribution in [0.5, 0.6) is 0 Å². The molecule has 0 aliphatic carbocycles. The van der Waals surface area contributed by atoms with Crippen LogP contribution in [0.3, 0.4) is 0 Å². The third-order valence-electron chi connectivity index (χ3n) is 2.21. The van der Waals surface area contributed by atoms with E-state index in [1.807, 2.05) is 6.92 Å². The fraction of sp³-hybridized carbons (Fsp3) is 0.667. The minimum Gasteiger partial charge on any atom is -0.360 e. The number of anilines is 1. The number of likely N-dealkylation sites (N-methyl/N-ethyl adjacent to an activating group) is 1. The van der Waals surface area contributed by atoms with E-state index in [1.54, 1.807) is 0 Å². The summed E-state index contributed by atoms with van der Waals surface area (Å²) in [5, 5.41) is 17.1. The number of carbonyl (C=O) groups excluding carboxylic acids is 2. The van der Waals surface area contributed by atoms with Crippen LogP contribution >= 0.6 is 23.1 Å². The molecule has 0 spiro atoms. The number of thioether (sulfide) groups is 1. The predicted octanol–water partition coefficient (Wildman–Crippen LogP) is 0.950. The van der Waals surface area contributed by atoms with E-state index in [1.165, 1.54) is 23.1 Å². The van der Waals surface area contributed by atoms with Gasteiger partial charge in [0.1, 0.15) is 0 Å². The second-order valence-electron chi connectivity index (χ2n) is 4.67. The van der Waals surface area contributed by atoms with Gasteiger partial charge in [-0.05, 0) is 12.8 Å². The summed E-state index contributed by atoms with van der Waals surface area (Å²) < 4.78 is 0.731. The van der Waals surface area contributed by atoms with E-state index >= 15 is 0 Å². The molecule has 118 valence electrons. The summed E-state index contributed by atoms with van der Waals surface area (Å²) in [6.45, 7) is 7.46. The van der Waals surface area contributed by atoms with Gasteiger partial charge in [0.2, 0.25) is 16.9 Å². The summed E-state index contributed by atoms with van der Waals surface area (Å²) in [6.07, 6.45) is 0. The summed E-state index contributed by atoms with van der Waals surface area (Å²) in [6, 6.07) is 0. The molecule has 2 amide bonds. The zero-order valence-corrected chi connectivity index (χ0v) is 14.1. The van der Waals surface area contributed by atoms with E-state index in [4.69, 9.17) is 0 Å². The van der Waals surface area contributed by atoms with Crippen LogP contribution in [-0.2, 0) is 9.59 Å². The van der Waals surface area contributed by atoms with Gasteiger partial charge in [-0.2, -0.15) is 0 Å². The third kappa shape index (κ3) is 7.86. The molecule has 0 atom stereocenters. The predicted molar refractivity (Wildman–Crippen MR) is 85.7 cm³/mol. The molecule has 0 aliphatic heterocycles. The zero-order chi connectivity index (χ0) is 15.7. The largest absolute Gasteiger partial charge is 0.360 e. The summed E-state index contributed by atoms with van der Waals surface area (Å²) in [4.78, 5) is 22.8. The van der Waals surface area contributed by atoms with E-state index < -0.39 is 0 Å². The number of amides is 2. The SMILES string of the molecule is CCNC(=O)CNC(=O)CSc1nnc(NCC(C)C)s1. The van der Waals surface area contributed by atoms with Gasteiger partial charge < -0.3 is 16.0 Å². The zero-order valence-electron chi connectivity index (χ0n) is 12.4. The Morgan fingerprint density at radius 1 is 1.24 bits per heavy atom. The van der Waals surface area contributed by atoms with Gasteiger partial charge in [-0.3, -0.25) is 9.59 Å². The monoisotopic (exact) mass is 331 g/mol. The molecule has 1 rings (SSSR count). The molecule has 1 heterocycles. The van der Waals surface area contributed by atoms with Gasteiger partial charge in [-0.25, -0.2) is 0 Å². The van der Waals surface area contributed by atoms with Crippen LogP contribution < -0.4 is 16.0 Å². The van der Waals surface area contributed by atoms with E-state index in [0.717, 1.165) is 16.0 Å². The fourth-order valence-electron chi connectivity index (χ4n) is 1.25. The van der Waals surface area contributed by atoms with Crippen molar-refractivity contribution in [3.63, 3.8) is 0 Å². The van der Waals surface area contributed by atoms with Crippen molar-refractivity contribution in [2.45, 2.75) is 25.1 Å². The van der Waals surface area contributed by atoms with Gasteiger partial charge in [0, 0.05) is 13.1 Å². The van der Waals surface area contributed by atoms with Gasteiger partial charge in [0.05, 0.1) is 12.3 Å². The van der Waals surface area contributed by atoms with Crippen LogP contribution in [0.4, 0.5) is 5.13 Å². The molecule has 0 saturated heterocycles. The van der Waals surface area contributed by atoms with Crippen molar-refractivity contribution >= 4 is 40.0 Å². The summed E-state index contributed by atoms with van der Waals surface area (Å²) in [5.74, 6) is 0.369. The van der Waals surface area contributed by atoms with Crippen molar-refractivity contribution < 1.29 is 9.59 Å². The standard InChI is InChI=1S/C12H21N5O2S2/c1-4-13-9(18)6-14-10(19)7-20-12-17-16-11(21-12)15-5-8(2)3/h8H,4-7H2,1-3H3,(H,13,18)(H,14,19)(H,15,16). The molecule has 0 aliphatic rings. The first-order chi connectivity index (χ1) is 10.0. The number of nitrogens with zero attached hydrogens (tertiary/aromatic N) is 2. The first kappa shape index (κ1) is 17.7. The van der Waals surface area contributed by atoms with Gasteiger partial charge >= 0.3 is 0 Å². The van der Waals surface area contributed by atoms with Gasteiger partial charge in [-0.1, -0.05) is 36.9 Å². The molecule has 7 nitrogen and oxygen atoms in total. The lowest BCUT2D eigenvalue weighted by Gasteiger charge is -2.04. The molecule has 3 N–H and O–H groups in total. The average Bonchev–Trinajstić information content (AvgIpc) is 2.89. The highest BCUT2D eigenvalue weighted by atomic mass is 32.2. The highest BCUT2D eigenvalue weighted by molar-refractivity contribution is 8.01. The van der Waals surface area contributed by atoms with Crippen molar-refractivity contribution in [3.05, 3.63) is 0 Å². The molecule has 9 heteroatoms. The van der Waals surface area contributed by atoms with Crippen LogP contribution in [0.1, 0.15) is 20.8 Å². The topological polar surface area (TPSA) is 96.0 Å². The van der Waals surface area contributed by atoms with Crippen LogP contribution in [0, 0.1) is 5.92 Å². The lowest BCUT2D eigenvalue weighted by atomic mass is 10.2. The fourth-order valence-corrected chi connectivity index (χ4v) is 2.84. The summed E-state index contributed by atoms with van der Waals surface area (Å²) in [5.41, 5.74) is 0. The molecule has 1 aromatic rings. The number of hydrogen-bond donors (Lipinski definition) is 3. The third-order valence-corrected chi connectivity index (χ3v) is 4.23. The van der Waals surface area contributed by atoms with Crippen molar-refractivity contribution in [1.29, 1.82) is 0 Å². The Balaban J connectivity index is 2.25. The second kappa shape index (κ2) is 9.56. The smallest absolute Gasteiger partial charge is 0.239 e. The van der Waals surface area contributed by atoms with Gasteiger partial charge in [0.15, 0.2) is 4.34 Å². The van der Waals surface area contributed by atoms with Crippen molar-refractivity contribution in [2.75, 3.05) is 30.7 Å². The Morgan fingerprint density at radius 3 is 2.67 bits per heavy atom. The Kier molecular flexibility index (Phi) is 8.06. The number of nitrogens with one attached hydrogen (secondary N) is 3. The van der Waals surface area contributed by atoms with E-state index in [0.29, 0.717) is 12.5 Å². The molecule has 0 fully saturated rings. The first-order valence-corrected chi connectivity index (χ1v) is 8.55. The molecule has 0 radical (unpaired) electrons. The highest BCUT2D eigenvalue weighted by Gasteiger charge is 2.09. The van der Waals surface area contributed by atoms with E-state index in [2.05, 4.69) is 40.0 Å². The van der Waals surface area contributed by atoms with Crippen LogP contribution in [0.25, 0.3) is 0 Å². The normalized spacial score (nSPS) is 10.5. The number of aromatic nitrogens is 2. The molecule has 0 bridgehead atoms. The number of hydrogen-bond acceptors (Lipinski definition) is 7. The van der Waals surface area contributed by atoms with Crippen LogP contribution in [0.15, 0.2) is 4.34 Å². The molecular formula is C12H21N5O2S2. The van der Waals surface area contributed by atoms with Crippen LogP contribution in [0.2, 0.25) is 0 Å². The Morgan fingerprint density at radius 2 is 2.00 bits per heavy atom. The van der Waals surface area contributed by atoms with Gasteiger partial charge in [-0.15, -0.1) is 10.2 Å². The number of carbonyl (C=O) groups is 2. The van der Waals surface area contributed by atoms with Crippen LogP contribution in [-0.4, -0.2) is 47.4 Å². The van der Waals surface area contributed by atoms with Crippen molar-refractivity contribution in [1.82, 2.24) is 20.8 Å². The van der Waals surface area contributed by atoms with E-state index in [9.17, 15) is 9.59 Å². The number of rotatable bonds is 9. The molecular weight excluding hydrogens is 310 g/mol. The lowest BCUT2D eigenvalue weighted by molar-refractivity contribution is -0.124. The Bertz CT molecular complexity index is 464. The summed E-state index contributed by atoms with van der Waals surface area (Å²) >= 11 is 2.73. The molecule has 0 unspecified atom stereocenters. The van der Waals surface area contributed by atoms with Crippen molar-refractivity contribution in [3.8, 4) is 0 Å². The Hall–Kier alpha value is -1.35. The molecule has 0 saturated carbocycles. The minimum absolute atomic E-state index is 0.00451. The first-order valence-electron chi connectivity index (χ1n) is 6.74. The molecule has 0 aromatic carbocycles. The van der Waals surface area contributed by atoms with E-state index in [-0.39, 0.29) is 24.1 Å². The lowest BCUT2D eigenvalue weighted by Crippen LogP contribution is -2.37. The quantitative estimate of drug-likeness (QED) is 0.583. The maximum Gasteiger partial charge on any atom is 0.239 e. The maximum atomic E-state index is 11.6. The second-order valence-corrected chi connectivity index (χ2v) is 6.87. The molecule has 1 aromatic heterocycles. The average molecular weight is 331 g/mol. The highest BCUT2D eigenvalue weighted by Crippen LogP contribution is 2.25.